The van der Waals surface area contributed by atoms with Crippen molar-refractivity contribution in [2.75, 3.05) is 36.9 Å². The van der Waals surface area contributed by atoms with Gasteiger partial charge in [-0.15, -0.1) is 11.3 Å². The Morgan fingerprint density at radius 1 is 1.20 bits per heavy atom. The van der Waals surface area contributed by atoms with Gasteiger partial charge in [0.15, 0.2) is 0 Å². The van der Waals surface area contributed by atoms with Crippen molar-refractivity contribution in [3.05, 3.63) is 52.0 Å². The minimum absolute atomic E-state index is 0.0577. The van der Waals surface area contributed by atoms with Crippen LogP contribution in [0, 0.1) is 6.92 Å². The summed E-state index contributed by atoms with van der Waals surface area (Å²) in [5.41, 5.74) is 1.95. The molecular weight excluding hydrogens is 475 g/mol. The highest BCUT2D eigenvalue weighted by atomic mass is 32.1. The second kappa shape index (κ2) is 9.31. The van der Waals surface area contributed by atoms with E-state index in [1.165, 1.54) is 32.5 Å². The maximum atomic E-state index is 13.6. The largest absolute Gasteiger partial charge is 0.417 e. The van der Waals surface area contributed by atoms with Crippen LogP contribution in [0.25, 0.3) is 10.2 Å². The third-order valence-electron chi connectivity index (χ3n) is 6.77. The predicted octanol–water partition coefficient (Wildman–Crippen LogP) is 4.58. The van der Waals surface area contributed by atoms with E-state index in [9.17, 15) is 18.0 Å². The SMILES string of the molecule is CNc1c(C(=O)NCCc2ccc(N3C[C@H]4CC[C@@H](C3)N4)cc2)sc2nc(C)cc(C(F)(F)F)c12. The summed E-state index contributed by atoms with van der Waals surface area (Å²) in [6.45, 7) is 3.95. The zero-order valence-corrected chi connectivity index (χ0v) is 20.4. The molecule has 2 fully saturated rings. The lowest BCUT2D eigenvalue weighted by molar-refractivity contribution is -0.136. The number of alkyl halides is 3. The molecule has 35 heavy (non-hydrogen) atoms. The number of pyridine rings is 1. The first-order valence-corrected chi connectivity index (χ1v) is 12.6. The van der Waals surface area contributed by atoms with Crippen molar-refractivity contribution >= 4 is 38.8 Å². The van der Waals surface area contributed by atoms with E-state index in [1.54, 1.807) is 0 Å². The minimum Gasteiger partial charge on any atom is -0.386 e. The molecule has 2 bridgehead atoms. The molecule has 0 unspecified atom stereocenters. The molecule has 0 spiro atoms. The summed E-state index contributed by atoms with van der Waals surface area (Å²) < 4.78 is 40.9. The van der Waals surface area contributed by atoms with E-state index >= 15 is 0 Å². The highest BCUT2D eigenvalue weighted by Crippen LogP contribution is 2.43. The van der Waals surface area contributed by atoms with Crippen LogP contribution >= 0.6 is 11.3 Å². The summed E-state index contributed by atoms with van der Waals surface area (Å²) in [4.78, 5) is 20.0. The Labute approximate surface area is 205 Å². The number of hydrogen-bond donors (Lipinski definition) is 3. The first-order chi connectivity index (χ1) is 16.7. The molecule has 1 amide bonds. The van der Waals surface area contributed by atoms with Gasteiger partial charge in [-0.25, -0.2) is 4.98 Å². The molecule has 3 N–H and O–H groups in total. The van der Waals surface area contributed by atoms with Gasteiger partial charge in [-0.2, -0.15) is 13.2 Å². The number of thiophene rings is 1. The van der Waals surface area contributed by atoms with Crippen LogP contribution in [0.3, 0.4) is 0 Å². The van der Waals surface area contributed by atoms with Gasteiger partial charge in [0.25, 0.3) is 5.91 Å². The molecule has 5 rings (SSSR count). The number of aryl methyl sites for hydroxylation is 1. The van der Waals surface area contributed by atoms with Crippen molar-refractivity contribution in [3.63, 3.8) is 0 Å². The Morgan fingerprint density at radius 3 is 2.51 bits per heavy atom. The topological polar surface area (TPSA) is 69.3 Å². The maximum Gasteiger partial charge on any atom is 0.417 e. The van der Waals surface area contributed by atoms with Gasteiger partial charge in [0.1, 0.15) is 9.71 Å². The molecule has 186 valence electrons. The van der Waals surface area contributed by atoms with E-state index in [-0.39, 0.29) is 26.5 Å². The Bertz CT molecular complexity index is 1230. The smallest absolute Gasteiger partial charge is 0.386 e. The predicted molar refractivity (Wildman–Crippen MR) is 134 cm³/mol. The number of aromatic nitrogens is 1. The van der Waals surface area contributed by atoms with Crippen molar-refractivity contribution in [1.29, 1.82) is 0 Å². The maximum absolute atomic E-state index is 13.6. The monoisotopic (exact) mass is 503 g/mol. The number of hydrogen-bond acceptors (Lipinski definition) is 6. The number of nitrogens with one attached hydrogen (secondary N) is 3. The third-order valence-corrected chi connectivity index (χ3v) is 7.85. The summed E-state index contributed by atoms with van der Waals surface area (Å²) in [6, 6.07) is 10.6. The fourth-order valence-corrected chi connectivity index (χ4v) is 6.29. The van der Waals surface area contributed by atoms with Crippen LogP contribution in [0.1, 0.15) is 39.3 Å². The fraction of sp³-hybridized carbons (Fsp3) is 0.440. The molecule has 4 heterocycles. The molecule has 0 radical (unpaired) electrons. The fourth-order valence-electron chi connectivity index (χ4n) is 5.13. The summed E-state index contributed by atoms with van der Waals surface area (Å²) in [5.74, 6) is -0.406. The molecular formula is C25H28F3N5OS. The average molecular weight is 504 g/mol. The average Bonchev–Trinajstić information content (AvgIpc) is 3.36. The molecule has 2 aliphatic heterocycles. The molecule has 0 aliphatic carbocycles. The first kappa shape index (κ1) is 23.9. The summed E-state index contributed by atoms with van der Waals surface area (Å²) >= 11 is 0.974. The van der Waals surface area contributed by atoms with Crippen LogP contribution in [-0.4, -0.2) is 49.7 Å². The van der Waals surface area contributed by atoms with Gasteiger partial charge in [0.2, 0.25) is 0 Å². The third kappa shape index (κ3) is 4.81. The summed E-state index contributed by atoms with van der Waals surface area (Å²) in [5, 5.41) is 9.23. The highest BCUT2D eigenvalue weighted by molar-refractivity contribution is 7.21. The van der Waals surface area contributed by atoms with Gasteiger partial charge in [-0.05, 0) is 49.9 Å². The molecule has 2 aliphatic rings. The Hall–Kier alpha value is -2.85. The van der Waals surface area contributed by atoms with E-state index in [2.05, 4.69) is 50.1 Å². The molecule has 2 atom stereocenters. The van der Waals surface area contributed by atoms with Crippen LogP contribution in [0.5, 0.6) is 0 Å². The molecule has 6 nitrogen and oxygen atoms in total. The lowest BCUT2D eigenvalue weighted by Gasteiger charge is -2.34. The Balaban J connectivity index is 1.25. The number of amides is 1. The van der Waals surface area contributed by atoms with Crippen LogP contribution in [0.15, 0.2) is 30.3 Å². The van der Waals surface area contributed by atoms with Gasteiger partial charge in [0.05, 0.1) is 11.3 Å². The van der Waals surface area contributed by atoms with Crippen LogP contribution in [0.2, 0.25) is 0 Å². The normalized spacial score (nSPS) is 19.9. The molecule has 2 saturated heterocycles. The van der Waals surface area contributed by atoms with Crippen molar-refractivity contribution < 1.29 is 18.0 Å². The number of carbonyl (C=O) groups is 1. The number of nitrogens with zero attached hydrogens (tertiary/aromatic N) is 2. The molecule has 2 aromatic heterocycles. The number of carbonyl (C=O) groups excluding carboxylic acids is 1. The lowest BCUT2D eigenvalue weighted by atomic mass is 10.1. The Morgan fingerprint density at radius 2 is 1.89 bits per heavy atom. The van der Waals surface area contributed by atoms with Gasteiger partial charge < -0.3 is 20.9 Å². The van der Waals surface area contributed by atoms with E-state index in [4.69, 9.17) is 0 Å². The quantitative estimate of drug-likeness (QED) is 0.460. The van der Waals surface area contributed by atoms with Gasteiger partial charge >= 0.3 is 6.18 Å². The number of halogens is 3. The molecule has 10 heteroatoms. The van der Waals surface area contributed by atoms with Crippen molar-refractivity contribution in [1.82, 2.24) is 15.6 Å². The van der Waals surface area contributed by atoms with Crippen molar-refractivity contribution in [2.45, 2.75) is 44.4 Å². The zero-order valence-electron chi connectivity index (χ0n) is 19.6. The van der Waals surface area contributed by atoms with Crippen LogP contribution in [-0.2, 0) is 12.6 Å². The van der Waals surface area contributed by atoms with Crippen LogP contribution < -0.4 is 20.9 Å². The van der Waals surface area contributed by atoms with E-state index < -0.39 is 17.6 Å². The number of anilines is 2. The van der Waals surface area contributed by atoms with Gasteiger partial charge in [-0.3, -0.25) is 4.79 Å². The van der Waals surface area contributed by atoms with Crippen molar-refractivity contribution in [2.24, 2.45) is 0 Å². The lowest BCUT2D eigenvalue weighted by Crippen LogP contribution is -2.51. The standard InChI is InChI=1S/C25H28F3N5OS/c1-14-11-19(25(26,27)28)20-21(29-2)22(35-24(20)31-14)23(34)30-10-9-15-3-7-18(8-4-15)33-12-16-5-6-17(13-33)32-16/h3-4,7-8,11,16-17,29,32H,5-6,9-10,12-13H2,1-2H3,(H,30,34)/t16-,17+. The second-order valence-corrected chi connectivity index (χ2v) is 10.3. The number of rotatable bonds is 6. The number of benzene rings is 1. The van der Waals surface area contributed by atoms with E-state index in [0.29, 0.717) is 25.0 Å². The Kier molecular flexibility index (Phi) is 6.35. The minimum atomic E-state index is -4.54. The highest BCUT2D eigenvalue weighted by Gasteiger charge is 2.36. The number of piperazine rings is 1. The van der Waals surface area contributed by atoms with Gasteiger partial charge in [0, 0.05) is 55.5 Å². The summed E-state index contributed by atoms with van der Waals surface area (Å²) in [6.07, 6.45) is -1.44. The van der Waals surface area contributed by atoms with Crippen LogP contribution in [0.4, 0.5) is 24.5 Å². The van der Waals surface area contributed by atoms with Crippen molar-refractivity contribution in [3.8, 4) is 0 Å². The van der Waals surface area contributed by atoms with E-state index in [0.717, 1.165) is 36.1 Å². The zero-order chi connectivity index (χ0) is 24.7. The summed E-state index contributed by atoms with van der Waals surface area (Å²) in [7, 11) is 1.52. The number of fused-ring (bicyclic) bond motifs is 3. The molecule has 3 aromatic rings. The molecule has 1 aromatic carbocycles. The van der Waals surface area contributed by atoms with E-state index in [1.807, 2.05) is 0 Å². The second-order valence-electron chi connectivity index (χ2n) is 9.26. The molecule has 0 saturated carbocycles. The van der Waals surface area contributed by atoms with Gasteiger partial charge in [-0.1, -0.05) is 12.1 Å². The first-order valence-electron chi connectivity index (χ1n) is 11.8.